The van der Waals surface area contributed by atoms with E-state index in [1.54, 1.807) is 0 Å². The lowest BCUT2D eigenvalue weighted by Gasteiger charge is -2.13. The van der Waals surface area contributed by atoms with Crippen LogP contribution in [0.1, 0.15) is 71.1 Å². The lowest BCUT2D eigenvalue weighted by Crippen LogP contribution is -3.00. The number of hydrogen-bond acceptors (Lipinski definition) is 2. The highest BCUT2D eigenvalue weighted by molar-refractivity contribution is 8.02. The number of hydrogen-bond donors (Lipinski definition) is 0. The van der Waals surface area contributed by atoms with E-state index in [-0.39, 0.29) is 17.0 Å². The van der Waals surface area contributed by atoms with E-state index in [9.17, 15) is 0 Å². The molecule has 0 fully saturated rings. The number of thioether (sulfide) groups is 1. The fourth-order valence-corrected chi connectivity index (χ4v) is 3.00. The third kappa shape index (κ3) is 10.3. The minimum atomic E-state index is 0. The van der Waals surface area contributed by atoms with Gasteiger partial charge in [0.1, 0.15) is 0 Å². The summed E-state index contributed by atoms with van der Waals surface area (Å²) in [6.07, 6.45) is 16.6. The number of unbranched alkanes of at least 4 members (excludes halogenated alkanes) is 9. The van der Waals surface area contributed by atoms with E-state index in [1.165, 1.54) is 76.6 Å². The van der Waals surface area contributed by atoms with Crippen LogP contribution in [0.25, 0.3) is 0 Å². The predicted molar refractivity (Wildman–Crippen MR) is 80.1 cm³/mol. The van der Waals surface area contributed by atoms with E-state index < -0.39 is 0 Å². The molecule has 1 rings (SSSR count). The molecule has 0 bridgehead atoms. The smallest absolute Gasteiger partial charge is 0.0675 e. The zero-order valence-corrected chi connectivity index (χ0v) is 14.3. The van der Waals surface area contributed by atoms with Crippen LogP contribution in [0.5, 0.6) is 0 Å². The second kappa shape index (κ2) is 13.8. The molecule has 18 heavy (non-hydrogen) atoms. The Labute approximate surface area is 129 Å². The number of nitrogens with zero attached hydrogens (tertiary/aromatic N) is 1. The molecule has 0 aliphatic carbocycles. The summed E-state index contributed by atoms with van der Waals surface area (Å²) in [6, 6.07) is 0. The highest BCUT2D eigenvalue weighted by Gasteiger charge is 2.02. The zero-order valence-electron chi connectivity index (χ0n) is 11.9. The van der Waals surface area contributed by atoms with Gasteiger partial charge in [0.15, 0.2) is 0 Å². The fraction of sp³-hybridized carbons (Fsp3) is 0.867. The molecule has 3 heteroatoms. The maximum absolute atomic E-state index is 2.43. The van der Waals surface area contributed by atoms with Crippen LogP contribution < -0.4 is 17.0 Å². The molecule has 0 N–H and O–H groups in total. The third-order valence-corrected chi connectivity index (χ3v) is 4.20. The first-order valence-electron chi connectivity index (χ1n) is 7.46. The Morgan fingerprint density at radius 1 is 0.889 bits per heavy atom. The van der Waals surface area contributed by atoms with Crippen LogP contribution in [-0.4, -0.2) is 17.3 Å². The quantitative estimate of drug-likeness (QED) is 0.534. The fourth-order valence-electron chi connectivity index (χ4n) is 2.25. The topological polar surface area (TPSA) is 3.24 Å². The molecule has 0 saturated heterocycles. The summed E-state index contributed by atoms with van der Waals surface area (Å²) in [7, 11) is 0. The average molecular weight is 335 g/mol. The molecule has 0 atom stereocenters. The van der Waals surface area contributed by atoms with E-state index in [0.29, 0.717) is 0 Å². The van der Waals surface area contributed by atoms with Crippen LogP contribution >= 0.6 is 11.8 Å². The van der Waals surface area contributed by atoms with Crippen molar-refractivity contribution in [3.8, 4) is 0 Å². The summed E-state index contributed by atoms with van der Waals surface area (Å²) in [5, 5.41) is 2.20. The van der Waals surface area contributed by atoms with Gasteiger partial charge in [-0.05, 0) is 11.8 Å². The van der Waals surface area contributed by atoms with Crippen molar-refractivity contribution in [3.63, 3.8) is 0 Å². The van der Waals surface area contributed by atoms with Gasteiger partial charge in [0, 0.05) is 12.7 Å². The van der Waals surface area contributed by atoms with Gasteiger partial charge < -0.3 is 21.9 Å². The van der Waals surface area contributed by atoms with Crippen molar-refractivity contribution in [1.29, 1.82) is 0 Å². The minimum Gasteiger partial charge on any atom is -1.00 e. The SMILES string of the molecule is CCCCCCCCCCCCN1C=CSC1.[Br-]. The van der Waals surface area contributed by atoms with Crippen molar-refractivity contribution in [3.05, 3.63) is 11.6 Å². The van der Waals surface area contributed by atoms with Crippen molar-refractivity contribution in [1.82, 2.24) is 4.90 Å². The van der Waals surface area contributed by atoms with Crippen LogP contribution in [-0.2, 0) is 0 Å². The largest absolute Gasteiger partial charge is 1.00 e. The Morgan fingerprint density at radius 3 is 1.94 bits per heavy atom. The summed E-state index contributed by atoms with van der Waals surface area (Å²) in [5.41, 5.74) is 0. The monoisotopic (exact) mass is 334 g/mol. The Kier molecular flexibility index (Phi) is 14.1. The van der Waals surface area contributed by atoms with E-state index in [1.807, 2.05) is 11.8 Å². The van der Waals surface area contributed by atoms with Gasteiger partial charge in [-0.3, -0.25) is 0 Å². The zero-order chi connectivity index (χ0) is 12.2. The lowest BCUT2D eigenvalue weighted by atomic mass is 10.1. The molecule has 0 aromatic carbocycles. The van der Waals surface area contributed by atoms with Crippen LogP contribution in [0.4, 0.5) is 0 Å². The van der Waals surface area contributed by atoms with Gasteiger partial charge >= 0.3 is 0 Å². The van der Waals surface area contributed by atoms with E-state index in [2.05, 4.69) is 23.4 Å². The lowest BCUT2D eigenvalue weighted by molar-refractivity contribution is -0.00000366. The standard InChI is InChI=1S/C15H29NS.BrH/c1-2-3-4-5-6-7-8-9-10-11-12-16-13-14-17-15-16;/h13-14H,2-12,15H2,1H3;1H/p-1. The van der Waals surface area contributed by atoms with Crippen molar-refractivity contribution < 1.29 is 17.0 Å². The first kappa shape index (κ1) is 18.4. The molecule has 0 saturated carbocycles. The van der Waals surface area contributed by atoms with Crippen molar-refractivity contribution in [2.24, 2.45) is 0 Å². The third-order valence-electron chi connectivity index (χ3n) is 3.41. The molecule has 108 valence electrons. The van der Waals surface area contributed by atoms with Gasteiger partial charge in [-0.1, -0.05) is 64.7 Å². The van der Waals surface area contributed by atoms with Gasteiger partial charge in [-0.15, -0.1) is 11.8 Å². The van der Waals surface area contributed by atoms with Crippen LogP contribution in [0, 0.1) is 0 Å². The second-order valence-corrected chi connectivity index (χ2v) is 5.94. The maximum Gasteiger partial charge on any atom is 0.0675 e. The summed E-state index contributed by atoms with van der Waals surface area (Å²) >= 11 is 1.91. The Hall–Kier alpha value is 0.370. The Balaban J connectivity index is 0.00000289. The normalized spacial score (nSPS) is 13.9. The minimum absolute atomic E-state index is 0. The number of rotatable bonds is 11. The van der Waals surface area contributed by atoms with E-state index >= 15 is 0 Å². The summed E-state index contributed by atoms with van der Waals surface area (Å²) in [6.45, 7) is 3.55. The molecule has 0 aromatic rings. The molecule has 1 nitrogen and oxygen atoms in total. The van der Waals surface area contributed by atoms with Gasteiger partial charge in [0.25, 0.3) is 0 Å². The van der Waals surface area contributed by atoms with Gasteiger partial charge in [0.05, 0.1) is 5.88 Å². The Morgan fingerprint density at radius 2 is 1.44 bits per heavy atom. The Bertz CT molecular complexity index is 197. The predicted octanol–water partition coefficient (Wildman–Crippen LogP) is 2.39. The van der Waals surface area contributed by atoms with Crippen LogP contribution in [0.3, 0.4) is 0 Å². The first-order valence-corrected chi connectivity index (χ1v) is 8.50. The second-order valence-electron chi connectivity index (χ2n) is 5.08. The molecule has 1 aliphatic heterocycles. The molecule has 0 unspecified atom stereocenters. The number of halogens is 1. The highest BCUT2D eigenvalue weighted by atomic mass is 79.9. The first-order chi connectivity index (χ1) is 8.43. The van der Waals surface area contributed by atoms with Crippen LogP contribution in [0.15, 0.2) is 11.6 Å². The average Bonchev–Trinajstić information content (AvgIpc) is 2.85. The van der Waals surface area contributed by atoms with Gasteiger partial charge in [0.2, 0.25) is 0 Å². The van der Waals surface area contributed by atoms with E-state index in [0.717, 1.165) is 0 Å². The van der Waals surface area contributed by atoms with Crippen molar-refractivity contribution in [2.45, 2.75) is 71.1 Å². The molecule has 0 amide bonds. The summed E-state index contributed by atoms with van der Waals surface area (Å²) in [5.74, 6) is 1.18. The van der Waals surface area contributed by atoms with E-state index in [4.69, 9.17) is 0 Å². The molecule has 0 aromatic heterocycles. The highest BCUT2D eigenvalue weighted by Crippen LogP contribution is 2.16. The molecular weight excluding hydrogens is 306 g/mol. The van der Waals surface area contributed by atoms with Gasteiger partial charge in [-0.25, -0.2) is 0 Å². The van der Waals surface area contributed by atoms with Crippen molar-refractivity contribution in [2.75, 3.05) is 12.4 Å². The maximum atomic E-state index is 2.43. The summed E-state index contributed by atoms with van der Waals surface area (Å²) in [4.78, 5) is 2.43. The molecule has 1 aliphatic rings. The molecular formula is C15H29BrNS-. The van der Waals surface area contributed by atoms with Crippen LogP contribution in [0.2, 0.25) is 0 Å². The molecule has 1 heterocycles. The van der Waals surface area contributed by atoms with Crippen molar-refractivity contribution >= 4 is 11.8 Å². The molecule has 0 spiro atoms. The van der Waals surface area contributed by atoms with Gasteiger partial charge in [-0.2, -0.15) is 0 Å². The molecule has 0 radical (unpaired) electrons. The summed E-state index contributed by atoms with van der Waals surface area (Å²) < 4.78 is 0.